The van der Waals surface area contributed by atoms with Crippen molar-refractivity contribution in [3.8, 4) is 6.07 Å². The van der Waals surface area contributed by atoms with Gasteiger partial charge < -0.3 is 10.1 Å². The normalized spacial score (nSPS) is 27.5. The van der Waals surface area contributed by atoms with Crippen LogP contribution < -0.4 is 5.32 Å². The molecule has 1 amide bonds. The SMILES string of the molecule is CC(C)C1CC1(C#N)CNC(=O)OC(C)(C)C. The fourth-order valence-electron chi connectivity index (χ4n) is 2.12. The van der Waals surface area contributed by atoms with E-state index in [-0.39, 0.29) is 5.41 Å². The zero-order valence-corrected chi connectivity index (χ0v) is 11.3. The van der Waals surface area contributed by atoms with E-state index in [0.717, 1.165) is 6.42 Å². The number of nitrogens with one attached hydrogen (secondary N) is 1. The van der Waals surface area contributed by atoms with Gasteiger partial charge in [-0.1, -0.05) is 13.8 Å². The molecule has 0 radical (unpaired) electrons. The number of ether oxygens (including phenoxy) is 1. The highest BCUT2D eigenvalue weighted by Gasteiger charge is 2.56. The lowest BCUT2D eigenvalue weighted by Crippen LogP contribution is -2.36. The molecular weight excluding hydrogens is 216 g/mol. The summed E-state index contributed by atoms with van der Waals surface area (Å²) in [7, 11) is 0. The molecule has 1 fully saturated rings. The van der Waals surface area contributed by atoms with E-state index in [4.69, 9.17) is 4.74 Å². The van der Waals surface area contributed by atoms with E-state index in [1.807, 2.05) is 20.8 Å². The van der Waals surface area contributed by atoms with Crippen molar-refractivity contribution in [3.05, 3.63) is 0 Å². The van der Waals surface area contributed by atoms with E-state index in [1.54, 1.807) is 0 Å². The lowest BCUT2D eigenvalue weighted by Gasteiger charge is -2.20. The summed E-state index contributed by atoms with van der Waals surface area (Å²) >= 11 is 0. The van der Waals surface area contributed by atoms with Crippen molar-refractivity contribution in [2.75, 3.05) is 6.54 Å². The average molecular weight is 238 g/mol. The Labute approximate surface area is 103 Å². The molecule has 0 aromatic heterocycles. The molecule has 0 spiro atoms. The minimum absolute atomic E-state index is 0.370. The molecule has 96 valence electrons. The molecule has 0 aromatic carbocycles. The van der Waals surface area contributed by atoms with Crippen LogP contribution in [0.4, 0.5) is 4.79 Å². The predicted octanol–water partition coefficient (Wildman–Crippen LogP) is 2.70. The largest absolute Gasteiger partial charge is 0.444 e. The minimum Gasteiger partial charge on any atom is -0.444 e. The molecule has 1 saturated carbocycles. The standard InChI is InChI=1S/C13H22N2O2/c1-9(2)10-6-13(10,7-14)8-15-11(16)17-12(3,4)5/h9-10H,6,8H2,1-5H3,(H,15,16). The Morgan fingerprint density at radius 2 is 2.18 bits per heavy atom. The molecule has 1 rings (SSSR count). The van der Waals surface area contributed by atoms with Crippen molar-refractivity contribution in [3.63, 3.8) is 0 Å². The quantitative estimate of drug-likeness (QED) is 0.822. The number of hydrogen-bond acceptors (Lipinski definition) is 3. The van der Waals surface area contributed by atoms with Crippen molar-refractivity contribution in [1.29, 1.82) is 5.26 Å². The fraction of sp³-hybridized carbons (Fsp3) is 0.846. The number of carbonyl (C=O) groups excluding carboxylic acids is 1. The third-order valence-electron chi connectivity index (χ3n) is 3.11. The zero-order valence-electron chi connectivity index (χ0n) is 11.3. The first-order valence-corrected chi connectivity index (χ1v) is 6.08. The first-order chi connectivity index (χ1) is 7.70. The van der Waals surface area contributed by atoms with E-state index < -0.39 is 11.7 Å². The summed E-state index contributed by atoms with van der Waals surface area (Å²) in [6.45, 7) is 10.1. The molecule has 2 atom stereocenters. The van der Waals surface area contributed by atoms with Gasteiger partial charge in [-0.3, -0.25) is 0 Å². The smallest absolute Gasteiger partial charge is 0.407 e. The number of amides is 1. The van der Waals surface area contributed by atoms with Crippen molar-refractivity contribution in [1.82, 2.24) is 5.32 Å². The molecule has 0 aliphatic heterocycles. The van der Waals surface area contributed by atoms with Crippen LogP contribution in [0, 0.1) is 28.6 Å². The molecular formula is C13H22N2O2. The zero-order chi connectivity index (χ0) is 13.3. The summed E-state index contributed by atoms with van der Waals surface area (Å²) in [6, 6.07) is 2.33. The number of hydrogen-bond donors (Lipinski definition) is 1. The maximum Gasteiger partial charge on any atom is 0.407 e. The molecule has 1 aliphatic rings. The van der Waals surface area contributed by atoms with Crippen LogP contribution in [0.2, 0.25) is 0 Å². The second-order valence-corrected chi connectivity index (χ2v) is 6.18. The molecule has 0 bridgehead atoms. The molecule has 1 N–H and O–H groups in total. The van der Waals surface area contributed by atoms with Gasteiger partial charge in [-0.25, -0.2) is 4.79 Å². The summed E-state index contributed by atoms with van der Waals surface area (Å²) in [5.74, 6) is 0.873. The second-order valence-electron chi connectivity index (χ2n) is 6.18. The van der Waals surface area contributed by atoms with Crippen LogP contribution in [0.3, 0.4) is 0 Å². The number of rotatable bonds is 3. The van der Waals surface area contributed by atoms with Gasteiger partial charge in [-0.15, -0.1) is 0 Å². The Morgan fingerprint density at radius 1 is 1.59 bits per heavy atom. The van der Waals surface area contributed by atoms with Crippen LogP contribution in [0.5, 0.6) is 0 Å². The average Bonchev–Trinajstić information content (AvgIpc) is 2.88. The molecule has 4 heteroatoms. The maximum atomic E-state index is 11.5. The highest BCUT2D eigenvalue weighted by atomic mass is 16.6. The Balaban J connectivity index is 2.42. The van der Waals surface area contributed by atoms with Gasteiger partial charge in [0.15, 0.2) is 0 Å². The van der Waals surface area contributed by atoms with Crippen LogP contribution in [0.15, 0.2) is 0 Å². The van der Waals surface area contributed by atoms with Crippen LogP contribution in [-0.2, 0) is 4.74 Å². The van der Waals surface area contributed by atoms with E-state index in [9.17, 15) is 10.1 Å². The summed E-state index contributed by atoms with van der Waals surface area (Å²) in [6.07, 6.45) is 0.429. The summed E-state index contributed by atoms with van der Waals surface area (Å²) in [5.41, 5.74) is -0.865. The third kappa shape index (κ3) is 3.62. The van der Waals surface area contributed by atoms with Crippen LogP contribution in [0.25, 0.3) is 0 Å². The van der Waals surface area contributed by atoms with Gasteiger partial charge in [-0.05, 0) is 39.0 Å². The molecule has 0 aromatic rings. The highest BCUT2D eigenvalue weighted by Crippen LogP contribution is 2.55. The first-order valence-electron chi connectivity index (χ1n) is 6.08. The van der Waals surface area contributed by atoms with Crippen molar-refractivity contribution < 1.29 is 9.53 Å². The summed E-state index contributed by atoms with van der Waals surface area (Å²) in [4.78, 5) is 11.5. The monoisotopic (exact) mass is 238 g/mol. The van der Waals surface area contributed by atoms with Gasteiger partial charge in [0.2, 0.25) is 0 Å². The van der Waals surface area contributed by atoms with Gasteiger partial charge in [0.25, 0.3) is 0 Å². The van der Waals surface area contributed by atoms with E-state index in [0.29, 0.717) is 18.4 Å². The molecule has 0 saturated heterocycles. The first kappa shape index (κ1) is 13.8. The van der Waals surface area contributed by atoms with Gasteiger partial charge in [0, 0.05) is 6.54 Å². The van der Waals surface area contributed by atoms with Gasteiger partial charge in [0.05, 0.1) is 11.5 Å². The molecule has 0 heterocycles. The van der Waals surface area contributed by atoms with Crippen LogP contribution >= 0.6 is 0 Å². The Kier molecular flexibility index (Phi) is 3.71. The fourth-order valence-corrected chi connectivity index (χ4v) is 2.12. The van der Waals surface area contributed by atoms with Crippen molar-refractivity contribution in [2.45, 2.75) is 46.6 Å². The van der Waals surface area contributed by atoms with Crippen molar-refractivity contribution >= 4 is 6.09 Å². The predicted molar refractivity (Wildman–Crippen MR) is 65.2 cm³/mol. The number of alkyl carbamates (subject to hydrolysis) is 1. The van der Waals surface area contributed by atoms with Gasteiger partial charge >= 0.3 is 6.09 Å². The van der Waals surface area contributed by atoms with Crippen LogP contribution in [-0.4, -0.2) is 18.2 Å². The number of nitriles is 1. The molecule has 2 unspecified atom stereocenters. The van der Waals surface area contributed by atoms with Crippen molar-refractivity contribution in [2.24, 2.45) is 17.3 Å². The second kappa shape index (κ2) is 4.56. The molecule has 1 aliphatic carbocycles. The van der Waals surface area contributed by atoms with Crippen LogP contribution in [0.1, 0.15) is 41.0 Å². The summed E-state index contributed by atoms with van der Waals surface area (Å²) in [5, 5.41) is 11.9. The highest BCUT2D eigenvalue weighted by molar-refractivity contribution is 5.67. The van der Waals surface area contributed by atoms with Gasteiger partial charge in [0.1, 0.15) is 5.60 Å². The lowest BCUT2D eigenvalue weighted by molar-refractivity contribution is 0.0519. The minimum atomic E-state index is -0.495. The number of carbonyl (C=O) groups is 1. The van der Waals surface area contributed by atoms with E-state index >= 15 is 0 Å². The topological polar surface area (TPSA) is 62.1 Å². The Hall–Kier alpha value is -1.24. The number of nitrogens with zero attached hydrogens (tertiary/aromatic N) is 1. The van der Waals surface area contributed by atoms with E-state index in [1.165, 1.54) is 0 Å². The maximum absolute atomic E-state index is 11.5. The summed E-state index contributed by atoms with van der Waals surface area (Å²) < 4.78 is 5.14. The lowest BCUT2D eigenvalue weighted by atomic mass is 9.98. The Bertz CT molecular complexity index is 338. The molecule has 17 heavy (non-hydrogen) atoms. The third-order valence-corrected chi connectivity index (χ3v) is 3.11. The van der Waals surface area contributed by atoms with Gasteiger partial charge in [-0.2, -0.15) is 5.26 Å². The Morgan fingerprint density at radius 3 is 2.53 bits per heavy atom. The molecule has 4 nitrogen and oxygen atoms in total. The van der Waals surface area contributed by atoms with E-state index in [2.05, 4.69) is 25.2 Å².